The first-order valence-corrected chi connectivity index (χ1v) is 9.77. The monoisotopic (exact) mass is 377 g/mol. The smallest absolute Gasteiger partial charge is 0.261 e. The van der Waals surface area contributed by atoms with Gasteiger partial charge >= 0.3 is 0 Å². The topological polar surface area (TPSA) is 47.6 Å². The molecule has 0 saturated heterocycles. The lowest BCUT2D eigenvalue weighted by atomic mass is 10.1. The Bertz CT molecular complexity index is 917. The number of ether oxygens (including phenoxy) is 2. The van der Waals surface area contributed by atoms with Crippen molar-refractivity contribution in [1.29, 1.82) is 0 Å². The van der Waals surface area contributed by atoms with Crippen LogP contribution in [0.25, 0.3) is 10.8 Å². The van der Waals surface area contributed by atoms with Crippen LogP contribution in [-0.4, -0.2) is 25.7 Å². The SMILES string of the molecule is CC[C@@H](Oc1cccc2ccccc12)C(=O)NCCCc1ccccc1OC. The molecule has 3 aromatic carbocycles. The fourth-order valence-electron chi connectivity index (χ4n) is 3.29. The Kier molecular flexibility index (Phi) is 6.90. The van der Waals surface area contributed by atoms with E-state index in [-0.39, 0.29) is 5.91 Å². The van der Waals surface area contributed by atoms with Crippen molar-refractivity contribution in [2.75, 3.05) is 13.7 Å². The number of fused-ring (bicyclic) bond motifs is 1. The van der Waals surface area contributed by atoms with Crippen molar-refractivity contribution in [3.8, 4) is 11.5 Å². The number of hydrogen-bond acceptors (Lipinski definition) is 3. The van der Waals surface area contributed by atoms with Crippen molar-refractivity contribution >= 4 is 16.7 Å². The Morgan fingerprint density at radius 2 is 1.68 bits per heavy atom. The summed E-state index contributed by atoms with van der Waals surface area (Å²) in [6.07, 6.45) is 1.81. The maximum absolute atomic E-state index is 12.6. The summed E-state index contributed by atoms with van der Waals surface area (Å²) in [7, 11) is 1.68. The zero-order valence-electron chi connectivity index (χ0n) is 16.5. The van der Waals surface area contributed by atoms with Crippen LogP contribution in [0.3, 0.4) is 0 Å². The first-order valence-electron chi connectivity index (χ1n) is 9.77. The summed E-state index contributed by atoms with van der Waals surface area (Å²) < 4.78 is 11.4. The van der Waals surface area contributed by atoms with E-state index in [4.69, 9.17) is 9.47 Å². The summed E-state index contributed by atoms with van der Waals surface area (Å²) in [6.45, 7) is 2.57. The quantitative estimate of drug-likeness (QED) is 0.547. The minimum Gasteiger partial charge on any atom is -0.496 e. The molecule has 0 aliphatic rings. The van der Waals surface area contributed by atoms with Crippen LogP contribution in [0.5, 0.6) is 11.5 Å². The van der Waals surface area contributed by atoms with E-state index in [1.54, 1.807) is 7.11 Å². The van der Waals surface area contributed by atoms with Crippen molar-refractivity contribution in [3.63, 3.8) is 0 Å². The van der Waals surface area contributed by atoms with Crippen molar-refractivity contribution in [2.45, 2.75) is 32.3 Å². The van der Waals surface area contributed by atoms with Crippen LogP contribution in [0, 0.1) is 0 Å². The molecule has 1 atom stereocenters. The van der Waals surface area contributed by atoms with Gasteiger partial charge in [-0.1, -0.05) is 61.5 Å². The van der Waals surface area contributed by atoms with Gasteiger partial charge in [0.15, 0.2) is 6.10 Å². The van der Waals surface area contributed by atoms with E-state index < -0.39 is 6.10 Å². The molecule has 0 spiro atoms. The Balaban J connectivity index is 1.55. The highest BCUT2D eigenvalue weighted by molar-refractivity contribution is 5.89. The molecule has 146 valence electrons. The van der Waals surface area contributed by atoms with Gasteiger partial charge in [0, 0.05) is 11.9 Å². The van der Waals surface area contributed by atoms with Crippen LogP contribution >= 0.6 is 0 Å². The van der Waals surface area contributed by atoms with E-state index in [1.165, 1.54) is 0 Å². The van der Waals surface area contributed by atoms with Crippen molar-refractivity contribution < 1.29 is 14.3 Å². The number of hydrogen-bond donors (Lipinski definition) is 1. The first-order chi connectivity index (χ1) is 13.7. The fraction of sp³-hybridized carbons (Fsp3) is 0.292. The van der Waals surface area contributed by atoms with Crippen LogP contribution in [-0.2, 0) is 11.2 Å². The number of rotatable bonds is 9. The molecule has 0 fully saturated rings. The lowest BCUT2D eigenvalue weighted by molar-refractivity contribution is -0.128. The summed E-state index contributed by atoms with van der Waals surface area (Å²) in [5.41, 5.74) is 1.15. The van der Waals surface area contributed by atoms with Gasteiger partial charge in [-0.2, -0.15) is 0 Å². The molecule has 3 rings (SSSR count). The Labute approximate surface area is 166 Å². The lowest BCUT2D eigenvalue weighted by Gasteiger charge is -2.18. The highest BCUT2D eigenvalue weighted by Crippen LogP contribution is 2.26. The zero-order valence-corrected chi connectivity index (χ0v) is 16.5. The van der Waals surface area contributed by atoms with Crippen molar-refractivity contribution in [1.82, 2.24) is 5.32 Å². The Morgan fingerprint density at radius 3 is 2.50 bits per heavy atom. The molecule has 0 bridgehead atoms. The normalized spacial score (nSPS) is 11.8. The van der Waals surface area contributed by atoms with E-state index in [0.29, 0.717) is 13.0 Å². The van der Waals surface area contributed by atoms with Gasteiger partial charge in [0.05, 0.1) is 7.11 Å². The largest absolute Gasteiger partial charge is 0.496 e. The number of amides is 1. The van der Waals surface area contributed by atoms with Gasteiger partial charge in [-0.3, -0.25) is 4.79 Å². The van der Waals surface area contributed by atoms with Gasteiger partial charge in [-0.25, -0.2) is 0 Å². The number of benzene rings is 3. The Morgan fingerprint density at radius 1 is 0.964 bits per heavy atom. The molecule has 1 N–H and O–H groups in total. The molecule has 0 saturated carbocycles. The molecule has 28 heavy (non-hydrogen) atoms. The summed E-state index contributed by atoms with van der Waals surface area (Å²) in [4.78, 5) is 12.6. The maximum atomic E-state index is 12.6. The van der Waals surface area contributed by atoms with E-state index >= 15 is 0 Å². The molecule has 0 unspecified atom stereocenters. The molecule has 4 nitrogen and oxygen atoms in total. The molecule has 0 heterocycles. The number of nitrogens with one attached hydrogen (secondary N) is 1. The van der Waals surface area contributed by atoms with E-state index in [1.807, 2.05) is 67.6 Å². The van der Waals surface area contributed by atoms with Crippen LogP contribution in [0.2, 0.25) is 0 Å². The van der Waals surface area contributed by atoms with Crippen LogP contribution in [0.1, 0.15) is 25.3 Å². The number of carbonyl (C=O) groups is 1. The molecule has 1 amide bonds. The molecule has 3 aromatic rings. The van der Waals surface area contributed by atoms with Gasteiger partial charge in [-0.15, -0.1) is 0 Å². The first kappa shape index (κ1) is 19.7. The van der Waals surface area contributed by atoms with E-state index in [2.05, 4.69) is 11.4 Å². The van der Waals surface area contributed by atoms with Gasteiger partial charge in [0.2, 0.25) is 0 Å². The number of carbonyl (C=O) groups excluding carboxylic acids is 1. The molecule has 0 aromatic heterocycles. The molecular formula is C24H27NO3. The van der Waals surface area contributed by atoms with E-state index in [9.17, 15) is 4.79 Å². The van der Waals surface area contributed by atoms with Gasteiger partial charge < -0.3 is 14.8 Å². The van der Waals surface area contributed by atoms with Crippen LogP contribution in [0.15, 0.2) is 66.7 Å². The third kappa shape index (κ3) is 4.83. The Hall–Kier alpha value is -3.01. The average Bonchev–Trinajstić information content (AvgIpc) is 2.75. The minimum absolute atomic E-state index is 0.0736. The number of methoxy groups -OCH3 is 1. The predicted molar refractivity (Wildman–Crippen MR) is 113 cm³/mol. The van der Waals surface area contributed by atoms with Gasteiger partial charge in [0.25, 0.3) is 5.91 Å². The van der Waals surface area contributed by atoms with Gasteiger partial charge in [-0.05, 0) is 42.3 Å². The van der Waals surface area contributed by atoms with Crippen LogP contribution in [0.4, 0.5) is 0 Å². The number of aryl methyl sites for hydroxylation is 1. The van der Waals surface area contributed by atoms with Crippen LogP contribution < -0.4 is 14.8 Å². The zero-order chi connectivity index (χ0) is 19.8. The highest BCUT2D eigenvalue weighted by Gasteiger charge is 2.18. The van der Waals surface area contributed by atoms with Crippen molar-refractivity contribution in [2.24, 2.45) is 0 Å². The van der Waals surface area contributed by atoms with E-state index in [0.717, 1.165) is 40.7 Å². The predicted octanol–water partition coefficient (Wildman–Crippen LogP) is 4.75. The summed E-state index contributed by atoms with van der Waals surface area (Å²) in [6, 6.07) is 21.9. The summed E-state index contributed by atoms with van der Waals surface area (Å²) in [5.74, 6) is 1.56. The molecule has 0 aliphatic heterocycles. The third-order valence-electron chi connectivity index (χ3n) is 4.80. The second kappa shape index (κ2) is 9.79. The van der Waals surface area contributed by atoms with Gasteiger partial charge in [0.1, 0.15) is 11.5 Å². The lowest BCUT2D eigenvalue weighted by Crippen LogP contribution is -2.38. The maximum Gasteiger partial charge on any atom is 0.261 e. The number of para-hydroxylation sites is 1. The second-order valence-corrected chi connectivity index (χ2v) is 6.70. The highest BCUT2D eigenvalue weighted by atomic mass is 16.5. The average molecular weight is 377 g/mol. The molecule has 0 radical (unpaired) electrons. The van der Waals surface area contributed by atoms with Crippen molar-refractivity contribution in [3.05, 3.63) is 72.3 Å². The molecule has 4 heteroatoms. The fourth-order valence-corrected chi connectivity index (χ4v) is 3.29. The minimum atomic E-state index is -0.503. The summed E-state index contributed by atoms with van der Waals surface area (Å²) in [5, 5.41) is 5.13. The molecular weight excluding hydrogens is 350 g/mol. The standard InChI is InChI=1S/C24H27NO3/c1-3-21(28-23-16-8-12-18-10-4-6-14-20(18)23)24(26)25-17-9-13-19-11-5-7-15-22(19)27-2/h4-8,10-12,14-16,21H,3,9,13,17H2,1-2H3,(H,25,26)/t21-/m1/s1. The second-order valence-electron chi connectivity index (χ2n) is 6.70. The summed E-state index contributed by atoms with van der Waals surface area (Å²) >= 11 is 0. The molecule has 0 aliphatic carbocycles. The third-order valence-corrected chi connectivity index (χ3v) is 4.80.